The SMILES string of the molecule is C=CCn1c(SCC(=O)NCc2ccccc2Cl)nc2nc(N(CC)CC)sc2c1=O. The average Bonchev–Trinajstić information content (AvgIpc) is 3.19. The minimum absolute atomic E-state index is 0.118. The van der Waals surface area contributed by atoms with E-state index in [4.69, 9.17) is 11.6 Å². The normalized spacial score (nSPS) is 10.9. The Morgan fingerprint density at radius 3 is 2.74 bits per heavy atom. The minimum atomic E-state index is -0.175. The number of hydrogen-bond donors (Lipinski definition) is 1. The van der Waals surface area contributed by atoms with Gasteiger partial charge in [0.1, 0.15) is 4.70 Å². The minimum Gasteiger partial charge on any atom is -0.351 e. The number of nitrogens with zero attached hydrogens (tertiary/aromatic N) is 4. The summed E-state index contributed by atoms with van der Waals surface area (Å²) in [4.78, 5) is 36.6. The first-order chi connectivity index (χ1) is 15.0. The van der Waals surface area contributed by atoms with Crippen LogP contribution in [0.2, 0.25) is 5.02 Å². The van der Waals surface area contributed by atoms with E-state index in [0.29, 0.717) is 33.6 Å². The van der Waals surface area contributed by atoms with Crippen molar-refractivity contribution in [1.29, 1.82) is 0 Å². The molecule has 10 heteroatoms. The number of hydrogen-bond acceptors (Lipinski definition) is 7. The molecule has 0 unspecified atom stereocenters. The smallest absolute Gasteiger partial charge is 0.274 e. The van der Waals surface area contributed by atoms with E-state index >= 15 is 0 Å². The van der Waals surface area contributed by atoms with Gasteiger partial charge in [0.25, 0.3) is 5.56 Å². The van der Waals surface area contributed by atoms with Crippen molar-refractivity contribution in [2.75, 3.05) is 23.7 Å². The Balaban J connectivity index is 1.79. The second-order valence-corrected chi connectivity index (χ2v) is 8.90. The first kappa shape index (κ1) is 23.3. The van der Waals surface area contributed by atoms with E-state index in [1.54, 1.807) is 12.1 Å². The summed E-state index contributed by atoms with van der Waals surface area (Å²) in [5.41, 5.74) is 1.09. The van der Waals surface area contributed by atoms with Crippen molar-refractivity contribution in [3.8, 4) is 0 Å². The zero-order valence-electron chi connectivity index (χ0n) is 17.4. The number of nitrogens with one attached hydrogen (secondary N) is 1. The quantitative estimate of drug-likeness (QED) is 0.270. The molecular weight excluding hydrogens is 454 g/mol. The number of carbonyl (C=O) groups is 1. The number of benzene rings is 1. The van der Waals surface area contributed by atoms with Crippen LogP contribution in [0.1, 0.15) is 19.4 Å². The molecule has 0 spiro atoms. The number of carbonyl (C=O) groups excluding carboxylic acids is 1. The third kappa shape index (κ3) is 5.47. The lowest BCUT2D eigenvalue weighted by molar-refractivity contribution is -0.118. The van der Waals surface area contributed by atoms with E-state index in [-0.39, 0.29) is 17.2 Å². The number of anilines is 1. The van der Waals surface area contributed by atoms with E-state index in [1.165, 1.54) is 27.7 Å². The molecule has 164 valence electrons. The molecule has 0 fully saturated rings. The Hall–Kier alpha value is -2.36. The highest BCUT2D eigenvalue weighted by Crippen LogP contribution is 2.27. The van der Waals surface area contributed by atoms with Gasteiger partial charge >= 0.3 is 0 Å². The lowest BCUT2D eigenvalue weighted by atomic mass is 10.2. The van der Waals surface area contributed by atoms with Crippen molar-refractivity contribution in [2.24, 2.45) is 0 Å². The van der Waals surface area contributed by atoms with Crippen molar-refractivity contribution in [3.63, 3.8) is 0 Å². The van der Waals surface area contributed by atoms with E-state index < -0.39 is 0 Å². The second kappa shape index (κ2) is 10.8. The number of rotatable bonds is 10. The van der Waals surface area contributed by atoms with Crippen LogP contribution in [0.5, 0.6) is 0 Å². The largest absolute Gasteiger partial charge is 0.351 e. The summed E-state index contributed by atoms with van der Waals surface area (Å²) in [5.74, 6) is -0.0569. The van der Waals surface area contributed by atoms with Gasteiger partial charge in [-0.05, 0) is 25.5 Å². The summed E-state index contributed by atoms with van der Waals surface area (Å²) in [6.07, 6.45) is 1.64. The van der Waals surface area contributed by atoms with Crippen molar-refractivity contribution >= 4 is 56.1 Å². The lowest BCUT2D eigenvalue weighted by Crippen LogP contribution is -2.26. The molecular formula is C21H24ClN5O2S2. The number of thioether (sulfide) groups is 1. The van der Waals surface area contributed by atoms with Crippen molar-refractivity contribution < 1.29 is 4.79 Å². The predicted octanol–water partition coefficient (Wildman–Crippen LogP) is 3.95. The van der Waals surface area contributed by atoms with Crippen LogP contribution in [0.25, 0.3) is 10.3 Å². The van der Waals surface area contributed by atoms with Gasteiger partial charge < -0.3 is 10.2 Å². The van der Waals surface area contributed by atoms with E-state index in [9.17, 15) is 9.59 Å². The summed E-state index contributed by atoms with van der Waals surface area (Å²) in [6.45, 7) is 10.1. The van der Waals surface area contributed by atoms with Gasteiger partial charge in [-0.15, -0.1) is 6.58 Å². The maximum absolute atomic E-state index is 13.0. The number of thiazole rings is 1. The zero-order chi connectivity index (χ0) is 22.4. The maximum Gasteiger partial charge on any atom is 0.274 e. The molecule has 0 aliphatic heterocycles. The second-order valence-electron chi connectivity index (χ2n) is 6.58. The van der Waals surface area contributed by atoms with Gasteiger partial charge in [0.2, 0.25) is 5.91 Å². The molecule has 2 heterocycles. The molecule has 1 N–H and O–H groups in total. The molecule has 31 heavy (non-hydrogen) atoms. The van der Waals surface area contributed by atoms with Crippen molar-refractivity contribution in [3.05, 3.63) is 57.9 Å². The molecule has 1 aromatic carbocycles. The molecule has 0 aliphatic carbocycles. The van der Waals surface area contributed by atoms with Crippen LogP contribution in [0.3, 0.4) is 0 Å². The topological polar surface area (TPSA) is 80.1 Å². The third-order valence-corrected chi connectivity index (χ3v) is 7.02. The molecule has 0 saturated carbocycles. The van der Waals surface area contributed by atoms with Gasteiger partial charge in [-0.1, -0.05) is 59.0 Å². The van der Waals surface area contributed by atoms with Crippen LogP contribution in [-0.2, 0) is 17.9 Å². The van der Waals surface area contributed by atoms with Crippen LogP contribution >= 0.6 is 34.7 Å². The van der Waals surface area contributed by atoms with Gasteiger partial charge in [-0.25, -0.2) is 4.98 Å². The number of halogens is 1. The van der Waals surface area contributed by atoms with Crippen LogP contribution in [0, 0.1) is 0 Å². The fourth-order valence-corrected chi connectivity index (χ4v) is 5.03. The fourth-order valence-electron chi connectivity index (χ4n) is 2.92. The molecule has 1 amide bonds. The molecule has 0 atom stereocenters. The highest BCUT2D eigenvalue weighted by Gasteiger charge is 2.18. The highest BCUT2D eigenvalue weighted by atomic mass is 35.5. The summed E-state index contributed by atoms with van der Waals surface area (Å²) in [5, 5.41) is 4.67. The Bertz CT molecular complexity index is 1140. The van der Waals surface area contributed by atoms with Crippen LogP contribution < -0.4 is 15.8 Å². The van der Waals surface area contributed by atoms with E-state index in [1.807, 2.05) is 32.0 Å². The summed E-state index contributed by atoms with van der Waals surface area (Å²) in [7, 11) is 0. The molecule has 0 bridgehead atoms. The van der Waals surface area contributed by atoms with Gasteiger partial charge in [-0.3, -0.25) is 14.2 Å². The Morgan fingerprint density at radius 2 is 2.06 bits per heavy atom. The Labute approximate surface area is 194 Å². The van der Waals surface area contributed by atoms with Crippen LogP contribution in [-0.4, -0.2) is 39.3 Å². The zero-order valence-corrected chi connectivity index (χ0v) is 19.8. The number of fused-ring (bicyclic) bond motifs is 1. The molecule has 0 aliphatic rings. The van der Waals surface area contributed by atoms with Crippen LogP contribution in [0.4, 0.5) is 5.13 Å². The maximum atomic E-state index is 13.0. The summed E-state index contributed by atoms with van der Waals surface area (Å²) < 4.78 is 2.04. The van der Waals surface area contributed by atoms with E-state index in [0.717, 1.165) is 23.8 Å². The average molecular weight is 478 g/mol. The standard InChI is InChI=1S/C21H24ClN5O2S2/c1-4-11-27-19(29)17-18(24-20(31-17)26(5-2)6-3)25-21(27)30-13-16(28)23-12-14-9-7-8-10-15(14)22/h4,7-10H,1,5-6,11-13H2,2-3H3,(H,23,28). The predicted molar refractivity (Wildman–Crippen MR) is 129 cm³/mol. The highest BCUT2D eigenvalue weighted by molar-refractivity contribution is 7.99. The Morgan fingerprint density at radius 1 is 1.32 bits per heavy atom. The molecule has 0 saturated heterocycles. The van der Waals surface area contributed by atoms with Gasteiger partial charge in [0, 0.05) is 31.2 Å². The van der Waals surface area contributed by atoms with E-state index in [2.05, 4.69) is 26.8 Å². The summed E-state index contributed by atoms with van der Waals surface area (Å²) >= 11 is 8.68. The van der Waals surface area contributed by atoms with Crippen molar-refractivity contribution in [2.45, 2.75) is 32.1 Å². The molecule has 0 radical (unpaired) electrons. The monoisotopic (exact) mass is 477 g/mol. The Kier molecular flexibility index (Phi) is 8.11. The first-order valence-electron chi connectivity index (χ1n) is 9.88. The van der Waals surface area contributed by atoms with Gasteiger partial charge in [0.05, 0.1) is 5.75 Å². The number of aromatic nitrogens is 3. The lowest BCUT2D eigenvalue weighted by Gasteiger charge is -2.15. The van der Waals surface area contributed by atoms with Crippen LogP contribution in [0.15, 0.2) is 46.9 Å². The third-order valence-electron chi connectivity index (χ3n) is 4.58. The summed E-state index contributed by atoms with van der Waals surface area (Å²) in [6, 6.07) is 7.36. The number of allylic oxidation sites excluding steroid dienone is 1. The molecule has 3 rings (SSSR count). The first-order valence-corrected chi connectivity index (χ1v) is 12.1. The number of amides is 1. The van der Waals surface area contributed by atoms with Gasteiger partial charge in [-0.2, -0.15) is 4.98 Å². The van der Waals surface area contributed by atoms with Crippen molar-refractivity contribution in [1.82, 2.24) is 19.9 Å². The molecule has 3 aromatic rings. The van der Waals surface area contributed by atoms with Gasteiger partial charge in [0.15, 0.2) is 15.9 Å². The molecule has 7 nitrogen and oxygen atoms in total. The fraction of sp³-hybridized carbons (Fsp3) is 0.333. The molecule has 2 aromatic heterocycles.